The van der Waals surface area contributed by atoms with Crippen molar-refractivity contribution in [1.82, 2.24) is 10.6 Å². The molecule has 1 aliphatic heterocycles. The van der Waals surface area contributed by atoms with Crippen LogP contribution in [0.2, 0.25) is 0 Å². The first kappa shape index (κ1) is 9.69. The number of rotatable bonds is 1. The molecule has 1 heterocycles. The summed E-state index contributed by atoms with van der Waals surface area (Å²) in [6.07, 6.45) is 1.45. The Bertz CT molecular complexity index is 331. The van der Waals surface area contributed by atoms with Gasteiger partial charge in [-0.1, -0.05) is 24.3 Å². The first-order valence-electron chi connectivity index (χ1n) is 5.17. The number of nitrogens with one attached hydrogen (secondary N) is 2. The van der Waals surface area contributed by atoms with Crippen LogP contribution in [0.3, 0.4) is 0 Å². The van der Waals surface area contributed by atoms with Gasteiger partial charge in [-0.2, -0.15) is 0 Å². The molecule has 0 spiro atoms. The molecule has 76 valence electrons. The summed E-state index contributed by atoms with van der Waals surface area (Å²) in [6.45, 7) is 4.46. The summed E-state index contributed by atoms with van der Waals surface area (Å²) in [4.78, 5) is 0. The Morgan fingerprint density at radius 1 is 1.36 bits per heavy atom. The molecule has 2 nitrogen and oxygen atoms in total. The van der Waals surface area contributed by atoms with Crippen molar-refractivity contribution in [2.24, 2.45) is 0 Å². The average Bonchev–Trinajstić information content (AvgIpc) is 2.17. The van der Waals surface area contributed by atoms with Crippen molar-refractivity contribution in [3.05, 3.63) is 35.4 Å². The number of benzene rings is 1. The Kier molecular flexibility index (Phi) is 2.33. The van der Waals surface area contributed by atoms with Gasteiger partial charge in [0.25, 0.3) is 0 Å². The molecule has 0 saturated carbocycles. The fraction of sp³-hybridized carbons (Fsp3) is 0.500. The minimum Gasteiger partial charge on any atom is -0.305 e. The number of fused-ring (bicyclic) bond motifs is 1. The van der Waals surface area contributed by atoms with Crippen LogP contribution in [0.25, 0.3) is 0 Å². The van der Waals surface area contributed by atoms with Crippen molar-refractivity contribution in [3.63, 3.8) is 0 Å². The van der Waals surface area contributed by atoms with Crippen LogP contribution >= 0.6 is 0 Å². The summed E-state index contributed by atoms with van der Waals surface area (Å²) in [6, 6.07) is 8.67. The average molecular weight is 190 g/mol. The normalized spacial score (nSPS) is 24.4. The third kappa shape index (κ3) is 1.56. The van der Waals surface area contributed by atoms with Crippen LogP contribution in [0.5, 0.6) is 0 Å². The minimum absolute atomic E-state index is 0.0719. The topological polar surface area (TPSA) is 24.1 Å². The molecule has 1 aromatic carbocycles. The fourth-order valence-corrected chi connectivity index (χ4v) is 2.27. The molecule has 0 saturated heterocycles. The summed E-state index contributed by atoms with van der Waals surface area (Å²) in [5.41, 5.74) is 2.95. The second-order valence-corrected chi connectivity index (χ2v) is 4.47. The predicted octanol–water partition coefficient (Wildman–Crippen LogP) is 1.61. The number of hydrogen-bond acceptors (Lipinski definition) is 2. The molecule has 0 radical (unpaired) electrons. The van der Waals surface area contributed by atoms with Crippen LogP contribution in [-0.2, 0) is 12.0 Å². The Morgan fingerprint density at radius 3 is 2.79 bits per heavy atom. The maximum atomic E-state index is 3.59. The highest BCUT2D eigenvalue weighted by Gasteiger charge is 2.30. The van der Waals surface area contributed by atoms with Crippen LogP contribution in [0, 0.1) is 0 Å². The molecule has 14 heavy (non-hydrogen) atoms. The van der Waals surface area contributed by atoms with Gasteiger partial charge in [-0.15, -0.1) is 0 Å². The smallest absolute Gasteiger partial charge is 0.0617 e. The van der Waals surface area contributed by atoms with E-state index < -0.39 is 0 Å². The van der Waals surface area contributed by atoms with Gasteiger partial charge in [0.2, 0.25) is 0 Å². The van der Waals surface area contributed by atoms with E-state index in [1.807, 2.05) is 7.05 Å². The summed E-state index contributed by atoms with van der Waals surface area (Å²) in [5, 5.41) is 6.88. The van der Waals surface area contributed by atoms with Crippen LogP contribution in [0.15, 0.2) is 24.3 Å². The summed E-state index contributed by atoms with van der Waals surface area (Å²) < 4.78 is 0. The zero-order valence-corrected chi connectivity index (χ0v) is 9.09. The van der Waals surface area contributed by atoms with E-state index in [4.69, 9.17) is 0 Å². The standard InChI is InChI=1S/C12H18N2/c1-12(2)10-7-5-4-6-9(10)8-11(13-3)14-12/h4-7,11,13-14H,8H2,1-3H3. The zero-order chi connectivity index (χ0) is 10.2. The second-order valence-electron chi connectivity index (χ2n) is 4.47. The summed E-state index contributed by atoms with van der Waals surface area (Å²) >= 11 is 0. The second kappa shape index (κ2) is 3.37. The Labute approximate surface area is 85.7 Å². The van der Waals surface area contributed by atoms with Gasteiger partial charge in [0, 0.05) is 12.0 Å². The first-order chi connectivity index (χ1) is 6.63. The highest BCUT2D eigenvalue weighted by atomic mass is 15.2. The van der Waals surface area contributed by atoms with Crippen molar-refractivity contribution in [1.29, 1.82) is 0 Å². The molecule has 2 rings (SSSR count). The van der Waals surface area contributed by atoms with E-state index in [0.717, 1.165) is 6.42 Å². The molecule has 0 amide bonds. The third-order valence-corrected chi connectivity index (χ3v) is 3.00. The highest BCUT2D eigenvalue weighted by Crippen LogP contribution is 2.28. The van der Waals surface area contributed by atoms with Gasteiger partial charge in [-0.25, -0.2) is 0 Å². The van der Waals surface area contributed by atoms with E-state index in [-0.39, 0.29) is 5.54 Å². The molecule has 1 aliphatic rings. The van der Waals surface area contributed by atoms with Crippen molar-refractivity contribution in [2.75, 3.05) is 7.05 Å². The molecule has 0 fully saturated rings. The quantitative estimate of drug-likeness (QED) is 0.703. The lowest BCUT2D eigenvalue weighted by Gasteiger charge is -2.39. The van der Waals surface area contributed by atoms with E-state index in [0.29, 0.717) is 6.17 Å². The van der Waals surface area contributed by atoms with Crippen LogP contribution < -0.4 is 10.6 Å². The summed E-state index contributed by atoms with van der Waals surface area (Å²) in [5.74, 6) is 0. The maximum Gasteiger partial charge on any atom is 0.0617 e. The van der Waals surface area contributed by atoms with Gasteiger partial charge in [-0.3, -0.25) is 5.32 Å². The Morgan fingerprint density at radius 2 is 2.07 bits per heavy atom. The number of hydrogen-bond donors (Lipinski definition) is 2. The van der Waals surface area contributed by atoms with Gasteiger partial charge < -0.3 is 5.32 Å². The van der Waals surface area contributed by atoms with Crippen LogP contribution in [-0.4, -0.2) is 13.2 Å². The Balaban J connectivity index is 2.41. The van der Waals surface area contributed by atoms with E-state index in [9.17, 15) is 0 Å². The molecule has 2 heteroatoms. The van der Waals surface area contributed by atoms with Crippen LogP contribution in [0.1, 0.15) is 25.0 Å². The fourth-order valence-electron chi connectivity index (χ4n) is 2.27. The molecule has 2 N–H and O–H groups in total. The third-order valence-electron chi connectivity index (χ3n) is 3.00. The van der Waals surface area contributed by atoms with Gasteiger partial charge in [0.05, 0.1) is 6.17 Å². The van der Waals surface area contributed by atoms with Gasteiger partial charge in [0.1, 0.15) is 0 Å². The zero-order valence-electron chi connectivity index (χ0n) is 9.09. The molecule has 1 unspecified atom stereocenters. The largest absolute Gasteiger partial charge is 0.305 e. The molecule has 0 bridgehead atoms. The SMILES string of the molecule is CNC1Cc2ccccc2C(C)(C)N1. The maximum absolute atomic E-state index is 3.59. The molecule has 0 aliphatic carbocycles. The van der Waals surface area contributed by atoms with Crippen LogP contribution in [0.4, 0.5) is 0 Å². The monoisotopic (exact) mass is 190 g/mol. The van der Waals surface area contributed by atoms with Crippen molar-refractivity contribution >= 4 is 0 Å². The van der Waals surface area contributed by atoms with E-state index >= 15 is 0 Å². The van der Waals surface area contributed by atoms with E-state index in [1.165, 1.54) is 11.1 Å². The molecule has 1 atom stereocenters. The van der Waals surface area contributed by atoms with E-state index in [2.05, 4.69) is 48.7 Å². The van der Waals surface area contributed by atoms with E-state index in [1.54, 1.807) is 0 Å². The predicted molar refractivity (Wildman–Crippen MR) is 59.2 cm³/mol. The van der Waals surface area contributed by atoms with Gasteiger partial charge >= 0.3 is 0 Å². The molecular formula is C12H18N2. The lowest BCUT2D eigenvalue weighted by atomic mass is 9.84. The van der Waals surface area contributed by atoms with Gasteiger partial charge in [-0.05, 0) is 32.0 Å². The van der Waals surface area contributed by atoms with Crippen molar-refractivity contribution in [3.8, 4) is 0 Å². The molecular weight excluding hydrogens is 172 g/mol. The van der Waals surface area contributed by atoms with Crippen molar-refractivity contribution in [2.45, 2.75) is 32.0 Å². The first-order valence-corrected chi connectivity index (χ1v) is 5.17. The molecule has 1 aromatic rings. The van der Waals surface area contributed by atoms with Crippen molar-refractivity contribution < 1.29 is 0 Å². The lowest BCUT2D eigenvalue weighted by molar-refractivity contribution is 0.288. The lowest BCUT2D eigenvalue weighted by Crippen LogP contribution is -2.54. The highest BCUT2D eigenvalue weighted by molar-refractivity contribution is 5.35. The molecule has 0 aromatic heterocycles. The minimum atomic E-state index is 0.0719. The summed E-state index contributed by atoms with van der Waals surface area (Å²) in [7, 11) is 2.00. The Hall–Kier alpha value is -0.860. The number of likely N-dealkylation sites (N-methyl/N-ethyl adjacent to an activating group) is 1. The van der Waals surface area contributed by atoms with Gasteiger partial charge in [0.15, 0.2) is 0 Å².